The zero-order valence-corrected chi connectivity index (χ0v) is 13.5. The van der Waals surface area contributed by atoms with Crippen LogP contribution in [0.1, 0.15) is 0 Å². The van der Waals surface area contributed by atoms with Crippen LogP contribution in [-0.4, -0.2) is 44.0 Å². The van der Waals surface area contributed by atoms with E-state index in [0.717, 1.165) is 18.6 Å². The third-order valence-electron chi connectivity index (χ3n) is 2.24. The highest BCUT2D eigenvalue weighted by Crippen LogP contribution is 2.53. The average molecular weight is 402 g/mol. The topological polar surface area (TPSA) is 90.9 Å². The molecule has 0 saturated carbocycles. The standard InChI is InChI=1S/C10H9F7N2O3S2/c1-23(2,4-3-7(5-18)6-19)22-24(20,21)10(16,17)8(11,12)9(13,14)15/h3H,4H2,1-2H3. The number of nitriles is 2. The Kier molecular flexibility index (Phi) is 6.35. The Morgan fingerprint density at radius 3 is 1.79 bits per heavy atom. The molecule has 0 amide bonds. The molecule has 0 rings (SSSR count). The van der Waals surface area contributed by atoms with E-state index in [1.54, 1.807) is 0 Å². The van der Waals surface area contributed by atoms with Gasteiger partial charge in [-0.15, -0.1) is 10.3 Å². The molecule has 0 N–H and O–H groups in total. The predicted octanol–water partition coefficient (Wildman–Crippen LogP) is 3.08. The SMILES string of the molecule is CS(C)(CC=C(C#N)C#N)OS(=O)(=O)C(F)(F)C(F)(F)C(F)(F)F. The predicted molar refractivity (Wildman–Crippen MR) is 69.6 cm³/mol. The second-order valence-corrected chi connectivity index (χ2v) is 9.73. The summed E-state index contributed by atoms with van der Waals surface area (Å²) in [4.78, 5) is 0. The molecule has 24 heavy (non-hydrogen) atoms. The smallest absolute Gasteiger partial charge is 0.215 e. The summed E-state index contributed by atoms with van der Waals surface area (Å²) in [5.74, 6) is -7.51. The van der Waals surface area contributed by atoms with E-state index in [0.29, 0.717) is 0 Å². The number of nitrogens with zero attached hydrogens (tertiary/aromatic N) is 2. The molecule has 138 valence electrons. The zero-order valence-electron chi connectivity index (χ0n) is 11.9. The van der Waals surface area contributed by atoms with Gasteiger partial charge in [-0.25, -0.2) is 3.63 Å². The number of allylic oxidation sites excluding steroid dienone is 1. The molecule has 0 atom stereocenters. The molecule has 0 aliphatic rings. The lowest BCUT2D eigenvalue weighted by Gasteiger charge is -2.33. The van der Waals surface area contributed by atoms with Crippen LogP contribution in [0.15, 0.2) is 11.6 Å². The molecular formula is C10H9F7N2O3S2. The molecule has 5 nitrogen and oxygen atoms in total. The van der Waals surface area contributed by atoms with Gasteiger partial charge in [0.15, 0.2) is 0 Å². The Labute approximate surface area is 133 Å². The minimum Gasteiger partial charge on any atom is -0.215 e. The fourth-order valence-electron chi connectivity index (χ4n) is 1.04. The van der Waals surface area contributed by atoms with Crippen molar-refractivity contribution in [3.05, 3.63) is 11.6 Å². The van der Waals surface area contributed by atoms with Gasteiger partial charge in [-0.05, 0) is 18.6 Å². The normalized spacial score (nSPS) is 14.5. The van der Waals surface area contributed by atoms with Crippen molar-refractivity contribution in [2.45, 2.75) is 17.4 Å². The first-order valence-electron chi connectivity index (χ1n) is 5.44. The van der Waals surface area contributed by atoms with Crippen molar-refractivity contribution in [2.75, 3.05) is 18.3 Å². The van der Waals surface area contributed by atoms with Crippen molar-refractivity contribution < 1.29 is 42.8 Å². The molecule has 0 aliphatic carbocycles. The average Bonchev–Trinajstić information content (AvgIpc) is 2.36. The largest absolute Gasteiger partial charge is 0.461 e. The molecular weight excluding hydrogens is 393 g/mol. The molecule has 0 radical (unpaired) electrons. The van der Waals surface area contributed by atoms with E-state index in [1.165, 1.54) is 12.1 Å². The summed E-state index contributed by atoms with van der Waals surface area (Å²) in [7, 11) is -9.87. The number of hydrogen-bond acceptors (Lipinski definition) is 5. The van der Waals surface area contributed by atoms with E-state index in [1.807, 2.05) is 0 Å². The molecule has 0 aliphatic heterocycles. The third-order valence-corrected chi connectivity index (χ3v) is 6.28. The van der Waals surface area contributed by atoms with Crippen LogP contribution in [0.4, 0.5) is 30.7 Å². The van der Waals surface area contributed by atoms with Gasteiger partial charge in [-0.1, -0.05) is 0 Å². The van der Waals surface area contributed by atoms with Gasteiger partial charge in [0.1, 0.15) is 17.7 Å². The molecule has 0 aromatic carbocycles. The van der Waals surface area contributed by atoms with Crippen LogP contribution in [0, 0.1) is 22.7 Å². The van der Waals surface area contributed by atoms with E-state index in [-0.39, 0.29) is 0 Å². The van der Waals surface area contributed by atoms with Crippen molar-refractivity contribution in [3.63, 3.8) is 0 Å². The van der Waals surface area contributed by atoms with Gasteiger partial charge in [0, 0.05) is 5.75 Å². The fraction of sp³-hybridized carbons (Fsp3) is 0.600. The maximum Gasteiger partial charge on any atom is 0.461 e. The van der Waals surface area contributed by atoms with Crippen LogP contribution in [0.5, 0.6) is 0 Å². The first kappa shape index (κ1) is 22.5. The van der Waals surface area contributed by atoms with Crippen molar-refractivity contribution >= 4 is 20.4 Å². The van der Waals surface area contributed by atoms with Gasteiger partial charge in [-0.3, -0.25) is 0 Å². The molecule has 0 bridgehead atoms. The molecule has 0 heterocycles. The van der Waals surface area contributed by atoms with Gasteiger partial charge < -0.3 is 0 Å². The second kappa shape index (κ2) is 6.78. The minimum atomic E-state index is -6.88. The Bertz CT molecular complexity index is 683. The highest BCUT2D eigenvalue weighted by molar-refractivity contribution is 8.32. The molecule has 0 saturated heterocycles. The maximum atomic E-state index is 13.2. The number of hydrogen-bond donors (Lipinski definition) is 0. The Balaban J connectivity index is 5.68. The summed E-state index contributed by atoms with van der Waals surface area (Å²) in [6, 6.07) is 2.71. The van der Waals surface area contributed by atoms with E-state index in [9.17, 15) is 39.2 Å². The summed E-state index contributed by atoms with van der Waals surface area (Å²) in [5, 5.41) is 10.3. The van der Waals surface area contributed by atoms with E-state index >= 15 is 0 Å². The van der Waals surface area contributed by atoms with Crippen LogP contribution >= 0.6 is 10.3 Å². The lowest BCUT2D eigenvalue weighted by atomic mass is 10.3. The first-order chi connectivity index (χ1) is 10.4. The fourth-order valence-corrected chi connectivity index (χ4v) is 4.54. The van der Waals surface area contributed by atoms with E-state index in [2.05, 4.69) is 3.63 Å². The molecule has 0 fully saturated rings. The van der Waals surface area contributed by atoms with E-state index in [4.69, 9.17) is 10.5 Å². The van der Waals surface area contributed by atoms with Gasteiger partial charge >= 0.3 is 27.5 Å². The third kappa shape index (κ3) is 4.52. The lowest BCUT2D eigenvalue weighted by molar-refractivity contribution is -0.332. The second-order valence-electron chi connectivity index (χ2n) is 4.56. The summed E-state index contributed by atoms with van der Waals surface area (Å²) in [6.07, 6.45) is -4.34. The highest BCUT2D eigenvalue weighted by Gasteiger charge is 2.79. The van der Waals surface area contributed by atoms with Crippen molar-refractivity contribution in [1.82, 2.24) is 0 Å². The van der Waals surface area contributed by atoms with Crippen LogP contribution in [-0.2, 0) is 13.7 Å². The zero-order chi connectivity index (χ0) is 19.6. The van der Waals surface area contributed by atoms with Crippen molar-refractivity contribution in [1.29, 1.82) is 10.5 Å². The number of halogens is 7. The monoisotopic (exact) mass is 402 g/mol. The molecule has 0 unspecified atom stereocenters. The highest BCUT2D eigenvalue weighted by atomic mass is 32.3. The van der Waals surface area contributed by atoms with E-state index < -0.39 is 49.1 Å². The van der Waals surface area contributed by atoms with Crippen molar-refractivity contribution in [3.8, 4) is 12.1 Å². The van der Waals surface area contributed by atoms with Crippen LogP contribution in [0.25, 0.3) is 0 Å². The van der Waals surface area contributed by atoms with Gasteiger partial charge in [0.25, 0.3) is 0 Å². The Morgan fingerprint density at radius 2 is 1.46 bits per heavy atom. The quantitative estimate of drug-likeness (QED) is 0.503. The molecule has 0 aromatic heterocycles. The number of alkyl halides is 7. The lowest BCUT2D eigenvalue weighted by Crippen LogP contribution is -2.56. The summed E-state index contributed by atoms with van der Waals surface area (Å²) >= 11 is 0. The number of rotatable bonds is 6. The summed E-state index contributed by atoms with van der Waals surface area (Å²) in [6.45, 7) is 0. The molecule has 0 spiro atoms. The van der Waals surface area contributed by atoms with Crippen LogP contribution in [0.2, 0.25) is 0 Å². The Hall–Kier alpha value is -1.51. The van der Waals surface area contributed by atoms with Crippen LogP contribution in [0.3, 0.4) is 0 Å². The first-order valence-corrected chi connectivity index (χ1v) is 9.39. The van der Waals surface area contributed by atoms with Gasteiger partial charge in [0.05, 0.1) is 0 Å². The minimum absolute atomic E-state index is 0.552. The van der Waals surface area contributed by atoms with Gasteiger partial charge in [-0.2, -0.15) is 49.7 Å². The summed E-state index contributed by atoms with van der Waals surface area (Å²) in [5.41, 5.74) is -0.552. The van der Waals surface area contributed by atoms with Gasteiger partial charge in [0.2, 0.25) is 0 Å². The maximum absolute atomic E-state index is 13.2. The van der Waals surface area contributed by atoms with Crippen LogP contribution < -0.4 is 0 Å². The van der Waals surface area contributed by atoms with Crippen molar-refractivity contribution in [2.24, 2.45) is 0 Å². The Morgan fingerprint density at radius 1 is 1.04 bits per heavy atom. The summed E-state index contributed by atoms with van der Waals surface area (Å²) < 4.78 is 114. The molecule has 0 aromatic rings. The molecule has 14 heteroatoms.